The van der Waals surface area contributed by atoms with Gasteiger partial charge in [-0.1, -0.05) is 19.3 Å². The van der Waals surface area contributed by atoms with Gasteiger partial charge in [-0.3, -0.25) is 25.1 Å². The summed E-state index contributed by atoms with van der Waals surface area (Å²) in [6.45, 7) is 2.84. The van der Waals surface area contributed by atoms with Crippen LogP contribution in [0.15, 0.2) is 0 Å². The lowest BCUT2D eigenvalue weighted by Crippen LogP contribution is -2.51. The van der Waals surface area contributed by atoms with Crippen LogP contribution in [0, 0.1) is 10.1 Å². The highest BCUT2D eigenvalue weighted by Crippen LogP contribution is 2.33. The fourth-order valence-electron chi connectivity index (χ4n) is 2.91. The molecule has 9 nitrogen and oxygen atoms in total. The van der Waals surface area contributed by atoms with Crippen molar-refractivity contribution in [3.8, 4) is 0 Å². The van der Waals surface area contributed by atoms with Crippen molar-refractivity contribution in [2.24, 2.45) is 0 Å². The molecule has 0 aromatic rings. The number of carbonyl (C=O) groups excluding carboxylic acids is 3. The maximum Gasteiger partial charge on any atom is 0.344 e. The fourth-order valence-corrected chi connectivity index (χ4v) is 2.91. The number of nitrogens with zero attached hydrogens (tertiary/aromatic N) is 2. The van der Waals surface area contributed by atoms with Gasteiger partial charge < -0.3 is 5.32 Å². The molecular formula is C14H22N4O5. The first-order valence-electron chi connectivity index (χ1n) is 7.79. The van der Waals surface area contributed by atoms with Crippen LogP contribution in [-0.4, -0.2) is 38.9 Å². The molecule has 4 amide bonds. The topological polar surface area (TPSA) is 122 Å². The van der Waals surface area contributed by atoms with Crippen molar-refractivity contribution >= 4 is 17.8 Å². The molecule has 1 aliphatic carbocycles. The molecule has 0 aromatic heterocycles. The van der Waals surface area contributed by atoms with Gasteiger partial charge in [0.05, 0.1) is 0 Å². The van der Waals surface area contributed by atoms with Gasteiger partial charge in [-0.05, 0) is 12.8 Å². The predicted octanol–water partition coefficient (Wildman–Crippen LogP) is 1.11. The average Bonchev–Trinajstić information content (AvgIpc) is 2.70. The van der Waals surface area contributed by atoms with Crippen LogP contribution in [0.4, 0.5) is 4.79 Å². The van der Waals surface area contributed by atoms with Crippen LogP contribution >= 0.6 is 0 Å². The van der Waals surface area contributed by atoms with Crippen LogP contribution < -0.4 is 10.7 Å². The van der Waals surface area contributed by atoms with Crippen LogP contribution in [-0.2, 0) is 9.59 Å². The molecule has 0 aromatic carbocycles. The third-order valence-corrected chi connectivity index (χ3v) is 4.56. The summed E-state index contributed by atoms with van der Waals surface area (Å²) in [5.41, 5.74) is 0.135. The normalized spacial score (nSPS) is 20.5. The van der Waals surface area contributed by atoms with Gasteiger partial charge in [-0.15, -0.1) is 0 Å². The number of hydrogen-bond acceptors (Lipinski definition) is 5. The lowest BCUT2D eigenvalue weighted by atomic mass is 9.82. The van der Waals surface area contributed by atoms with Gasteiger partial charge in [0.25, 0.3) is 5.91 Å². The van der Waals surface area contributed by atoms with Crippen LogP contribution in [0.5, 0.6) is 0 Å². The summed E-state index contributed by atoms with van der Waals surface area (Å²) in [5, 5.41) is 14.2. The molecule has 1 aliphatic heterocycles. The van der Waals surface area contributed by atoms with E-state index in [1.54, 1.807) is 0 Å². The van der Waals surface area contributed by atoms with E-state index in [9.17, 15) is 24.5 Å². The third-order valence-electron chi connectivity index (χ3n) is 4.56. The molecule has 2 aliphatic rings. The smallest absolute Gasteiger partial charge is 0.322 e. The molecule has 1 saturated heterocycles. The zero-order chi connectivity index (χ0) is 17.3. The summed E-state index contributed by atoms with van der Waals surface area (Å²) in [5.74, 6) is -1.03. The van der Waals surface area contributed by atoms with E-state index in [4.69, 9.17) is 0 Å². The largest absolute Gasteiger partial charge is 0.344 e. The van der Waals surface area contributed by atoms with Crippen molar-refractivity contribution in [1.82, 2.24) is 15.8 Å². The van der Waals surface area contributed by atoms with E-state index in [1.807, 2.05) is 0 Å². The maximum absolute atomic E-state index is 12.5. The minimum atomic E-state index is -1.24. The Labute approximate surface area is 133 Å². The summed E-state index contributed by atoms with van der Waals surface area (Å²) < 4.78 is 0. The minimum Gasteiger partial charge on any atom is -0.322 e. The summed E-state index contributed by atoms with van der Waals surface area (Å²) in [4.78, 5) is 46.7. The second-order valence-electron chi connectivity index (χ2n) is 6.82. The number of carbonyl (C=O) groups is 3. The number of amides is 4. The Hall–Kier alpha value is -2.19. The lowest BCUT2D eigenvalue weighted by molar-refractivity contribution is -0.561. The number of nitro groups is 1. The van der Waals surface area contributed by atoms with Crippen molar-refractivity contribution in [3.05, 3.63) is 10.1 Å². The first-order valence-corrected chi connectivity index (χ1v) is 7.79. The number of imide groups is 1. The van der Waals surface area contributed by atoms with Gasteiger partial charge >= 0.3 is 6.03 Å². The molecule has 2 rings (SSSR count). The van der Waals surface area contributed by atoms with E-state index in [-0.39, 0.29) is 12.8 Å². The number of hydrazine groups is 1. The van der Waals surface area contributed by atoms with Gasteiger partial charge in [0.15, 0.2) is 0 Å². The number of nitrogens with one attached hydrogen (secondary N) is 2. The fraction of sp³-hybridized carbons (Fsp3) is 0.786. The Morgan fingerprint density at radius 2 is 1.96 bits per heavy atom. The van der Waals surface area contributed by atoms with Crippen LogP contribution in [0.1, 0.15) is 58.8 Å². The molecule has 2 N–H and O–H groups in total. The van der Waals surface area contributed by atoms with Crippen molar-refractivity contribution < 1.29 is 19.3 Å². The molecule has 1 spiro atoms. The molecule has 0 radical (unpaired) electrons. The summed E-state index contributed by atoms with van der Waals surface area (Å²) in [7, 11) is 0. The monoisotopic (exact) mass is 326 g/mol. The highest BCUT2D eigenvalue weighted by atomic mass is 16.6. The van der Waals surface area contributed by atoms with Crippen LogP contribution in [0.2, 0.25) is 0 Å². The second-order valence-corrected chi connectivity index (χ2v) is 6.82. The van der Waals surface area contributed by atoms with Gasteiger partial charge in [-0.2, -0.15) is 5.01 Å². The van der Waals surface area contributed by atoms with E-state index in [2.05, 4.69) is 10.7 Å². The standard InChI is InChI=1S/C14H22N4O5/c1-13(2,18(22)23)9-6-10(19)16-17-11(20)14(15-12(17)21)7-4-3-5-8-14/h3-9H2,1-2H3,(H,15,21)(H,16,19). The zero-order valence-electron chi connectivity index (χ0n) is 13.4. The van der Waals surface area contributed by atoms with E-state index < -0.39 is 33.8 Å². The molecule has 2 fully saturated rings. The lowest BCUT2D eigenvalue weighted by Gasteiger charge is -2.30. The summed E-state index contributed by atoms with van der Waals surface area (Å²) in [6.07, 6.45) is 3.73. The number of rotatable bonds is 5. The van der Waals surface area contributed by atoms with Gasteiger partial charge in [0, 0.05) is 31.6 Å². The minimum absolute atomic E-state index is 0.0145. The third kappa shape index (κ3) is 3.43. The Kier molecular flexibility index (Phi) is 4.58. The van der Waals surface area contributed by atoms with E-state index in [1.165, 1.54) is 13.8 Å². The maximum atomic E-state index is 12.5. The van der Waals surface area contributed by atoms with Crippen molar-refractivity contribution in [2.75, 3.05) is 0 Å². The van der Waals surface area contributed by atoms with E-state index >= 15 is 0 Å². The predicted molar refractivity (Wildman–Crippen MR) is 79.6 cm³/mol. The Balaban J connectivity index is 1.94. The van der Waals surface area contributed by atoms with Gasteiger partial charge in [0.2, 0.25) is 11.4 Å². The average molecular weight is 326 g/mol. The molecule has 1 saturated carbocycles. The summed E-state index contributed by atoms with van der Waals surface area (Å²) in [6, 6.07) is -0.640. The molecule has 0 atom stereocenters. The Morgan fingerprint density at radius 1 is 1.35 bits per heavy atom. The number of hydrogen-bond donors (Lipinski definition) is 2. The zero-order valence-corrected chi connectivity index (χ0v) is 13.4. The van der Waals surface area contributed by atoms with Crippen molar-refractivity contribution in [2.45, 2.75) is 69.9 Å². The molecular weight excluding hydrogens is 304 g/mol. The molecule has 9 heteroatoms. The molecule has 23 heavy (non-hydrogen) atoms. The first kappa shape index (κ1) is 17.2. The highest BCUT2D eigenvalue weighted by molar-refractivity contribution is 6.07. The quantitative estimate of drug-likeness (QED) is 0.445. The SMILES string of the molecule is CC(C)(CCC(=O)NN1C(=O)NC2(CCCCC2)C1=O)[N+](=O)[O-]. The van der Waals surface area contributed by atoms with Crippen LogP contribution in [0.3, 0.4) is 0 Å². The van der Waals surface area contributed by atoms with E-state index in [0.29, 0.717) is 17.9 Å². The van der Waals surface area contributed by atoms with Crippen LogP contribution in [0.25, 0.3) is 0 Å². The number of urea groups is 1. The molecule has 0 bridgehead atoms. The Morgan fingerprint density at radius 3 is 2.52 bits per heavy atom. The van der Waals surface area contributed by atoms with Gasteiger partial charge in [0.1, 0.15) is 5.54 Å². The summed E-state index contributed by atoms with van der Waals surface area (Å²) >= 11 is 0. The van der Waals surface area contributed by atoms with E-state index in [0.717, 1.165) is 19.3 Å². The second kappa shape index (κ2) is 6.13. The van der Waals surface area contributed by atoms with Crippen molar-refractivity contribution in [1.29, 1.82) is 0 Å². The molecule has 128 valence electrons. The first-order chi connectivity index (χ1) is 10.7. The molecule has 0 unspecified atom stereocenters. The van der Waals surface area contributed by atoms with Crippen molar-refractivity contribution in [3.63, 3.8) is 0 Å². The Bertz CT molecular complexity index is 539. The van der Waals surface area contributed by atoms with Gasteiger partial charge in [-0.25, -0.2) is 4.79 Å². The molecule has 1 heterocycles. The highest BCUT2D eigenvalue weighted by Gasteiger charge is 2.52.